The van der Waals surface area contributed by atoms with Gasteiger partial charge in [0.05, 0.1) is 0 Å². The van der Waals surface area contributed by atoms with Crippen molar-refractivity contribution < 1.29 is 19.4 Å². The monoisotopic (exact) mass is 319 g/mol. The lowest BCUT2D eigenvalue weighted by Crippen LogP contribution is -2.33. The van der Waals surface area contributed by atoms with E-state index < -0.39 is 11.8 Å². The normalized spacial score (nSPS) is 11.9. The summed E-state index contributed by atoms with van der Waals surface area (Å²) in [5.41, 5.74) is 1.16. The summed E-state index contributed by atoms with van der Waals surface area (Å²) in [6.07, 6.45) is 6.33. The van der Waals surface area contributed by atoms with Crippen LogP contribution in [-0.2, 0) is 15.3 Å². The molecule has 3 aromatic rings. The van der Waals surface area contributed by atoms with Crippen LogP contribution in [0.3, 0.4) is 0 Å². The minimum Gasteiger partial charge on any atom is -0.477 e. The summed E-state index contributed by atoms with van der Waals surface area (Å²) in [5, 5.41) is 9.13. The van der Waals surface area contributed by atoms with E-state index in [0.29, 0.717) is 16.1 Å². The lowest BCUT2D eigenvalue weighted by atomic mass is 10.1. The van der Waals surface area contributed by atoms with Crippen LogP contribution in [0, 0.1) is 0 Å². The van der Waals surface area contributed by atoms with Gasteiger partial charge < -0.3 is 14.6 Å². The number of carbonyl (C=O) groups is 1. The SMILES string of the molecule is COC(OC)(c1cccnc1)c1ncn2cc(C(=O)O)sc12. The number of hydrogen-bond acceptors (Lipinski definition) is 6. The van der Waals surface area contributed by atoms with Crippen LogP contribution in [0.15, 0.2) is 37.1 Å². The molecule has 0 radical (unpaired) electrons. The molecule has 0 aliphatic rings. The van der Waals surface area contributed by atoms with E-state index in [0.717, 1.165) is 11.3 Å². The molecule has 0 saturated carbocycles. The molecule has 0 bridgehead atoms. The van der Waals surface area contributed by atoms with Gasteiger partial charge in [-0.1, -0.05) is 6.07 Å². The highest BCUT2D eigenvalue weighted by molar-refractivity contribution is 7.19. The summed E-state index contributed by atoms with van der Waals surface area (Å²) in [4.78, 5) is 20.4. The molecule has 3 heterocycles. The van der Waals surface area contributed by atoms with E-state index in [1.165, 1.54) is 26.7 Å². The highest BCUT2D eigenvalue weighted by Gasteiger charge is 2.39. The predicted octanol–water partition coefficient (Wildman–Crippen LogP) is 1.98. The van der Waals surface area contributed by atoms with E-state index in [1.54, 1.807) is 22.9 Å². The summed E-state index contributed by atoms with van der Waals surface area (Å²) in [6.45, 7) is 0. The van der Waals surface area contributed by atoms with Crippen molar-refractivity contribution in [3.05, 3.63) is 53.2 Å². The van der Waals surface area contributed by atoms with Crippen molar-refractivity contribution in [2.45, 2.75) is 5.79 Å². The number of thiazole rings is 1. The Morgan fingerprint density at radius 3 is 2.77 bits per heavy atom. The number of rotatable bonds is 5. The maximum absolute atomic E-state index is 11.1. The third-order valence-electron chi connectivity index (χ3n) is 3.35. The zero-order valence-electron chi connectivity index (χ0n) is 11.9. The van der Waals surface area contributed by atoms with Crippen molar-refractivity contribution in [3.63, 3.8) is 0 Å². The number of imidazole rings is 1. The van der Waals surface area contributed by atoms with Crippen LogP contribution in [0.5, 0.6) is 0 Å². The van der Waals surface area contributed by atoms with E-state index in [-0.39, 0.29) is 4.88 Å². The second-order valence-corrected chi connectivity index (χ2v) is 5.50. The summed E-state index contributed by atoms with van der Waals surface area (Å²) >= 11 is 1.11. The first kappa shape index (κ1) is 14.6. The van der Waals surface area contributed by atoms with Crippen molar-refractivity contribution in [2.75, 3.05) is 14.2 Å². The van der Waals surface area contributed by atoms with Gasteiger partial charge in [0.15, 0.2) is 0 Å². The van der Waals surface area contributed by atoms with Crippen molar-refractivity contribution in [1.82, 2.24) is 14.4 Å². The first-order valence-corrected chi connectivity index (χ1v) is 7.15. The van der Waals surface area contributed by atoms with Gasteiger partial charge in [-0.25, -0.2) is 9.78 Å². The molecule has 0 amide bonds. The molecule has 114 valence electrons. The Labute approximate surface area is 129 Å². The van der Waals surface area contributed by atoms with Crippen LogP contribution >= 0.6 is 11.3 Å². The van der Waals surface area contributed by atoms with Crippen molar-refractivity contribution in [2.24, 2.45) is 0 Å². The second-order valence-electron chi connectivity index (χ2n) is 4.47. The van der Waals surface area contributed by atoms with Gasteiger partial charge in [-0.3, -0.25) is 9.38 Å². The molecule has 3 rings (SSSR count). The third kappa shape index (κ3) is 2.08. The Balaban J connectivity index is 2.23. The first-order chi connectivity index (χ1) is 10.6. The molecule has 0 unspecified atom stereocenters. The number of carboxylic acids is 1. The van der Waals surface area contributed by atoms with Crippen molar-refractivity contribution in [3.8, 4) is 0 Å². The molecule has 7 nitrogen and oxygen atoms in total. The van der Waals surface area contributed by atoms with Crippen molar-refractivity contribution in [1.29, 1.82) is 0 Å². The maximum Gasteiger partial charge on any atom is 0.347 e. The molecule has 0 aliphatic carbocycles. The first-order valence-electron chi connectivity index (χ1n) is 6.33. The summed E-state index contributed by atoms with van der Waals surface area (Å²) in [6, 6.07) is 3.59. The Bertz CT molecular complexity index is 808. The number of hydrogen-bond donors (Lipinski definition) is 1. The Hall–Kier alpha value is -2.29. The molecule has 8 heteroatoms. The summed E-state index contributed by atoms with van der Waals surface area (Å²) in [7, 11) is 3.01. The molecule has 22 heavy (non-hydrogen) atoms. The molecule has 0 atom stereocenters. The molecule has 0 aromatic carbocycles. The minimum atomic E-state index is -1.25. The number of ether oxygens (including phenoxy) is 2. The highest BCUT2D eigenvalue weighted by Crippen LogP contribution is 2.37. The Kier molecular flexibility index (Phi) is 3.65. The average molecular weight is 319 g/mol. The number of aromatic carboxylic acids is 1. The standard InChI is InChI=1S/C14H13N3O4S/c1-20-14(21-2,9-4-3-5-15-6-9)11-12-17(8-16-11)7-10(22-12)13(18)19/h3-8H,1-2H3,(H,18,19). The van der Waals surface area contributed by atoms with E-state index >= 15 is 0 Å². The second kappa shape index (κ2) is 5.48. The van der Waals surface area contributed by atoms with Gasteiger partial charge >= 0.3 is 5.97 Å². The van der Waals surface area contributed by atoms with Gasteiger partial charge in [0.25, 0.3) is 0 Å². The fourth-order valence-corrected chi connectivity index (χ4v) is 3.28. The number of methoxy groups -OCH3 is 2. The van der Waals surface area contributed by atoms with Crippen LogP contribution in [-0.4, -0.2) is 39.7 Å². The van der Waals surface area contributed by atoms with Gasteiger partial charge in [0.2, 0.25) is 5.79 Å². The largest absolute Gasteiger partial charge is 0.477 e. The average Bonchev–Trinajstić information content (AvgIpc) is 3.12. The van der Waals surface area contributed by atoms with Crippen LogP contribution in [0.4, 0.5) is 0 Å². The zero-order chi connectivity index (χ0) is 15.7. The van der Waals surface area contributed by atoms with Gasteiger partial charge in [-0.15, -0.1) is 11.3 Å². The van der Waals surface area contributed by atoms with Crippen LogP contribution in [0.1, 0.15) is 20.9 Å². The molecule has 1 N–H and O–H groups in total. The van der Waals surface area contributed by atoms with Crippen molar-refractivity contribution >= 4 is 22.1 Å². The van der Waals surface area contributed by atoms with Crippen LogP contribution in [0.25, 0.3) is 4.83 Å². The fraction of sp³-hybridized carbons (Fsp3) is 0.214. The molecular weight excluding hydrogens is 306 g/mol. The summed E-state index contributed by atoms with van der Waals surface area (Å²) in [5.74, 6) is -2.23. The predicted molar refractivity (Wildman–Crippen MR) is 79.1 cm³/mol. The smallest absolute Gasteiger partial charge is 0.347 e. The quantitative estimate of drug-likeness (QED) is 0.724. The summed E-state index contributed by atoms with van der Waals surface area (Å²) < 4.78 is 12.9. The zero-order valence-corrected chi connectivity index (χ0v) is 12.7. The van der Waals surface area contributed by atoms with Gasteiger partial charge in [-0.05, 0) is 6.07 Å². The Morgan fingerprint density at radius 1 is 1.41 bits per heavy atom. The van der Waals surface area contributed by atoms with Crippen LogP contribution < -0.4 is 0 Å². The molecule has 0 saturated heterocycles. The highest BCUT2D eigenvalue weighted by atomic mass is 32.1. The molecule has 0 spiro atoms. The minimum absolute atomic E-state index is 0.214. The van der Waals surface area contributed by atoms with E-state index in [2.05, 4.69) is 9.97 Å². The van der Waals surface area contributed by atoms with Gasteiger partial charge in [0, 0.05) is 38.4 Å². The van der Waals surface area contributed by atoms with Gasteiger partial charge in [-0.2, -0.15) is 0 Å². The van der Waals surface area contributed by atoms with E-state index in [9.17, 15) is 4.79 Å². The molecule has 0 aliphatic heterocycles. The fourth-order valence-electron chi connectivity index (χ4n) is 2.33. The molecule has 0 fully saturated rings. The topological polar surface area (TPSA) is 86.0 Å². The van der Waals surface area contributed by atoms with Gasteiger partial charge in [0.1, 0.15) is 21.7 Å². The van der Waals surface area contributed by atoms with E-state index in [4.69, 9.17) is 14.6 Å². The Morgan fingerprint density at radius 2 is 2.18 bits per heavy atom. The third-order valence-corrected chi connectivity index (χ3v) is 4.45. The lowest BCUT2D eigenvalue weighted by Gasteiger charge is -2.29. The number of fused-ring (bicyclic) bond motifs is 1. The number of aromatic nitrogens is 3. The number of pyridine rings is 1. The molecule has 3 aromatic heterocycles. The lowest BCUT2D eigenvalue weighted by molar-refractivity contribution is -0.185. The van der Waals surface area contributed by atoms with E-state index in [1.807, 2.05) is 6.07 Å². The molecular formula is C14H13N3O4S. The number of nitrogens with zero attached hydrogens (tertiary/aromatic N) is 3. The number of carboxylic acid groups (broad SMARTS) is 1. The van der Waals surface area contributed by atoms with Crippen LogP contribution in [0.2, 0.25) is 0 Å². The maximum atomic E-state index is 11.1.